The molecule has 1 amide bonds. The zero-order valence-corrected chi connectivity index (χ0v) is 11.3. The molecule has 0 radical (unpaired) electrons. The zero-order valence-electron chi connectivity index (χ0n) is 11.3. The highest BCUT2D eigenvalue weighted by atomic mass is 16.5. The molecule has 104 valence electrons. The van der Waals surface area contributed by atoms with Gasteiger partial charge in [0.05, 0.1) is 0 Å². The lowest BCUT2D eigenvalue weighted by Crippen LogP contribution is -2.20. The third kappa shape index (κ3) is 3.51. The lowest BCUT2D eigenvalue weighted by Gasteiger charge is -2.11. The fourth-order valence-electron chi connectivity index (χ4n) is 1.86. The van der Waals surface area contributed by atoms with Crippen LogP contribution in [0.25, 0.3) is 0 Å². The summed E-state index contributed by atoms with van der Waals surface area (Å²) >= 11 is 0. The Bertz CT molecular complexity index is 596. The molecule has 0 saturated carbocycles. The summed E-state index contributed by atoms with van der Waals surface area (Å²) in [4.78, 5) is 11.8. The third-order valence-electron chi connectivity index (χ3n) is 2.90. The van der Waals surface area contributed by atoms with Crippen LogP contribution in [0.4, 0.5) is 5.69 Å². The Hall–Kier alpha value is -2.49. The normalized spacial score (nSPS) is 10.1. The minimum Gasteiger partial charge on any atom is -0.504 e. The van der Waals surface area contributed by atoms with E-state index in [9.17, 15) is 9.90 Å². The van der Waals surface area contributed by atoms with Gasteiger partial charge in [0.1, 0.15) is 0 Å². The molecule has 0 aliphatic rings. The van der Waals surface area contributed by atoms with Crippen LogP contribution in [0.2, 0.25) is 0 Å². The number of benzene rings is 2. The first-order chi connectivity index (χ1) is 9.70. The second kappa shape index (κ2) is 6.61. The first-order valence-corrected chi connectivity index (χ1v) is 6.49. The number of amides is 1. The highest BCUT2D eigenvalue weighted by molar-refractivity contribution is 5.92. The summed E-state index contributed by atoms with van der Waals surface area (Å²) in [5.74, 6) is 0.0647. The van der Waals surface area contributed by atoms with Gasteiger partial charge in [0, 0.05) is 5.69 Å². The largest absolute Gasteiger partial charge is 0.504 e. The molecule has 2 rings (SSSR count). The van der Waals surface area contributed by atoms with E-state index >= 15 is 0 Å². The number of carbonyl (C=O) groups is 1. The van der Waals surface area contributed by atoms with Gasteiger partial charge >= 0.3 is 0 Å². The van der Waals surface area contributed by atoms with Crippen molar-refractivity contribution in [1.29, 1.82) is 0 Å². The van der Waals surface area contributed by atoms with E-state index in [2.05, 4.69) is 5.32 Å². The number of aryl methyl sites for hydroxylation is 1. The van der Waals surface area contributed by atoms with E-state index in [4.69, 9.17) is 4.74 Å². The molecule has 2 N–H and O–H groups in total. The van der Waals surface area contributed by atoms with E-state index in [0.717, 1.165) is 17.7 Å². The van der Waals surface area contributed by atoms with Crippen LogP contribution < -0.4 is 10.1 Å². The van der Waals surface area contributed by atoms with Crippen molar-refractivity contribution < 1.29 is 14.6 Å². The summed E-state index contributed by atoms with van der Waals surface area (Å²) in [6.07, 6.45) is 0.844. The Balaban J connectivity index is 1.95. The molecular formula is C16H17NO3. The SMILES string of the molecule is CCc1ccccc1NC(=O)COc1ccccc1O. The number of nitrogens with one attached hydrogen (secondary N) is 1. The predicted molar refractivity (Wildman–Crippen MR) is 78.1 cm³/mol. The number of aromatic hydroxyl groups is 1. The molecule has 2 aromatic rings. The minimum atomic E-state index is -0.255. The quantitative estimate of drug-likeness (QED) is 0.879. The summed E-state index contributed by atoms with van der Waals surface area (Å²) in [5.41, 5.74) is 1.87. The van der Waals surface area contributed by atoms with E-state index in [1.807, 2.05) is 31.2 Å². The van der Waals surface area contributed by atoms with Crippen LogP contribution in [0.5, 0.6) is 11.5 Å². The van der Waals surface area contributed by atoms with Crippen LogP contribution in [0, 0.1) is 0 Å². The number of carbonyl (C=O) groups excluding carboxylic acids is 1. The predicted octanol–water partition coefficient (Wildman–Crippen LogP) is 2.97. The summed E-state index contributed by atoms with van der Waals surface area (Å²) in [6.45, 7) is 1.89. The van der Waals surface area contributed by atoms with Gasteiger partial charge in [0.2, 0.25) is 0 Å². The maximum atomic E-state index is 11.8. The van der Waals surface area contributed by atoms with Gasteiger partial charge in [-0.15, -0.1) is 0 Å². The van der Waals surface area contributed by atoms with E-state index < -0.39 is 0 Å². The van der Waals surface area contributed by atoms with E-state index in [1.54, 1.807) is 18.2 Å². The Labute approximate surface area is 118 Å². The lowest BCUT2D eigenvalue weighted by molar-refractivity contribution is -0.118. The fraction of sp³-hybridized carbons (Fsp3) is 0.188. The number of phenolic OH excluding ortho intramolecular Hbond substituents is 1. The van der Waals surface area contributed by atoms with Crippen molar-refractivity contribution in [1.82, 2.24) is 0 Å². The number of para-hydroxylation sites is 3. The van der Waals surface area contributed by atoms with Crippen LogP contribution >= 0.6 is 0 Å². The van der Waals surface area contributed by atoms with Crippen LogP contribution in [0.3, 0.4) is 0 Å². The zero-order chi connectivity index (χ0) is 14.4. The number of ether oxygens (including phenoxy) is 1. The molecule has 0 saturated heterocycles. The average molecular weight is 271 g/mol. The number of hydrogen-bond acceptors (Lipinski definition) is 3. The fourth-order valence-corrected chi connectivity index (χ4v) is 1.86. The standard InChI is InChI=1S/C16H17NO3/c1-2-12-7-3-4-8-13(12)17-16(19)11-20-15-10-6-5-9-14(15)18/h3-10,18H,2,11H2,1H3,(H,17,19). The number of rotatable bonds is 5. The van der Waals surface area contributed by atoms with Crippen LogP contribution in [0.15, 0.2) is 48.5 Å². The monoisotopic (exact) mass is 271 g/mol. The van der Waals surface area contributed by atoms with Gasteiger partial charge in [-0.05, 0) is 30.2 Å². The maximum absolute atomic E-state index is 11.8. The van der Waals surface area contributed by atoms with Crippen molar-refractivity contribution >= 4 is 11.6 Å². The first-order valence-electron chi connectivity index (χ1n) is 6.49. The topological polar surface area (TPSA) is 58.6 Å². The molecule has 0 heterocycles. The number of phenols is 1. The number of anilines is 1. The Morgan fingerprint density at radius 2 is 1.85 bits per heavy atom. The van der Waals surface area contributed by atoms with Gasteiger partial charge in [0.15, 0.2) is 18.1 Å². The van der Waals surface area contributed by atoms with Crippen molar-refractivity contribution in [2.45, 2.75) is 13.3 Å². The number of hydrogen-bond donors (Lipinski definition) is 2. The van der Waals surface area contributed by atoms with Crippen LogP contribution in [0.1, 0.15) is 12.5 Å². The van der Waals surface area contributed by atoms with Crippen LogP contribution in [-0.4, -0.2) is 17.6 Å². The van der Waals surface area contributed by atoms with Gasteiger partial charge in [0.25, 0.3) is 5.91 Å². The van der Waals surface area contributed by atoms with Crippen LogP contribution in [-0.2, 0) is 11.2 Å². The maximum Gasteiger partial charge on any atom is 0.262 e. The lowest BCUT2D eigenvalue weighted by atomic mass is 10.1. The van der Waals surface area contributed by atoms with Crippen molar-refractivity contribution in [3.63, 3.8) is 0 Å². The van der Waals surface area contributed by atoms with Crippen molar-refractivity contribution in [2.75, 3.05) is 11.9 Å². The van der Waals surface area contributed by atoms with Gasteiger partial charge in [-0.3, -0.25) is 4.79 Å². The molecule has 4 nitrogen and oxygen atoms in total. The highest BCUT2D eigenvalue weighted by Crippen LogP contribution is 2.24. The van der Waals surface area contributed by atoms with Gasteiger partial charge < -0.3 is 15.2 Å². The van der Waals surface area contributed by atoms with E-state index in [-0.39, 0.29) is 18.3 Å². The second-order valence-electron chi connectivity index (χ2n) is 4.32. The third-order valence-corrected chi connectivity index (χ3v) is 2.90. The van der Waals surface area contributed by atoms with Crippen molar-refractivity contribution in [3.05, 3.63) is 54.1 Å². The minimum absolute atomic E-state index is 0.0225. The summed E-state index contributed by atoms with van der Waals surface area (Å²) < 4.78 is 5.28. The van der Waals surface area contributed by atoms with Crippen molar-refractivity contribution in [3.8, 4) is 11.5 Å². The van der Waals surface area contributed by atoms with Gasteiger partial charge in [-0.1, -0.05) is 37.3 Å². The Morgan fingerprint density at radius 1 is 1.15 bits per heavy atom. The molecule has 0 aliphatic carbocycles. The molecule has 0 aromatic heterocycles. The molecule has 2 aromatic carbocycles. The highest BCUT2D eigenvalue weighted by Gasteiger charge is 2.08. The van der Waals surface area contributed by atoms with E-state index in [0.29, 0.717) is 5.75 Å². The molecule has 0 atom stereocenters. The first kappa shape index (κ1) is 13.9. The molecule has 0 fully saturated rings. The molecule has 0 bridgehead atoms. The molecule has 0 aliphatic heterocycles. The molecule has 20 heavy (non-hydrogen) atoms. The Kier molecular flexibility index (Phi) is 4.60. The van der Waals surface area contributed by atoms with E-state index in [1.165, 1.54) is 6.07 Å². The summed E-state index contributed by atoms with van der Waals surface area (Å²) in [5, 5.41) is 12.3. The Morgan fingerprint density at radius 3 is 2.60 bits per heavy atom. The molecular weight excluding hydrogens is 254 g/mol. The van der Waals surface area contributed by atoms with Crippen molar-refractivity contribution in [2.24, 2.45) is 0 Å². The summed E-state index contributed by atoms with van der Waals surface area (Å²) in [6, 6.07) is 14.2. The molecule has 0 spiro atoms. The van der Waals surface area contributed by atoms with Gasteiger partial charge in [-0.25, -0.2) is 0 Å². The smallest absolute Gasteiger partial charge is 0.262 e. The average Bonchev–Trinajstić information content (AvgIpc) is 2.47. The molecule has 0 unspecified atom stereocenters. The second-order valence-corrected chi connectivity index (χ2v) is 4.32. The molecule has 4 heteroatoms. The summed E-state index contributed by atoms with van der Waals surface area (Å²) in [7, 11) is 0. The van der Waals surface area contributed by atoms with Gasteiger partial charge in [-0.2, -0.15) is 0 Å².